The van der Waals surface area contributed by atoms with E-state index < -0.39 is 17.1 Å². The number of ether oxygens (including phenoxy) is 1. The lowest BCUT2D eigenvalue weighted by molar-refractivity contribution is -0.0264. The van der Waals surface area contributed by atoms with Gasteiger partial charge in [0.1, 0.15) is 11.3 Å². The predicted octanol–water partition coefficient (Wildman–Crippen LogP) is 4.67. The van der Waals surface area contributed by atoms with Crippen molar-refractivity contribution in [1.82, 2.24) is 14.7 Å². The molecule has 1 saturated carbocycles. The fourth-order valence-electron chi connectivity index (χ4n) is 5.35. The van der Waals surface area contributed by atoms with Gasteiger partial charge in [0, 0.05) is 12.6 Å². The Morgan fingerprint density at radius 3 is 2.82 bits per heavy atom. The highest BCUT2D eigenvalue weighted by atomic mass is 16.6. The molecule has 1 saturated heterocycles. The molecule has 9 nitrogen and oxygen atoms in total. The number of hydrogen-bond donors (Lipinski definition) is 0. The number of carbonyl (C=O) groups is 1. The van der Waals surface area contributed by atoms with Crippen LogP contribution in [0.4, 0.5) is 10.7 Å². The van der Waals surface area contributed by atoms with Crippen molar-refractivity contribution in [3.63, 3.8) is 0 Å². The number of nitriles is 2. The molecule has 0 N–H and O–H groups in total. The average Bonchev–Trinajstić information content (AvgIpc) is 3.51. The van der Waals surface area contributed by atoms with Gasteiger partial charge in [-0.05, 0) is 63.1 Å². The molecule has 2 aliphatic rings. The molecule has 1 aliphatic heterocycles. The van der Waals surface area contributed by atoms with Gasteiger partial charge in [0.05, 0.1) is 47.0 Å². The van der Waals surface area contributed by atoms with E-state index in [0.717, 1.165) is 30.3 Å². The first kappa shape index (κ1) is 22.0. The van der Waals surface area contributed by atoms with Crippen molar-refractivity contribution >= 4 is 23.0 Å². The zero-order valence-corrected chi connectivity index (χ0v) is 19.5. The number of imidazole rings is 1. The molecule has 0 unspecified atom stereocenters. The van der Waals surface area contributed by atoms with E-state index in [0.29, 0.717) is 36.7 Å². The van der Waals surface area contributed by atoms with Crippen LogP contribution in [0.15, 0.2) is 35.1 Å². The van der Waals surface area contributed by atoms with Crippen molar-refractivity contribution in [2.75, 3.05) is 11.4 Å². The van der Waals surface area contributed by atoms with Crippen molar-refractivity contribution in [2.24, 2.45) is 5.41 Å². The molecule has 34 heavy (non-hydrogen) atoms. The molecule has 0 radical (unpaired) electrons. The maximum absolute atomic E-state index is 12.9. The van der Waals surface area contributed by atoms with E-state index in [4.69, 9.17) is 9.26 Å². The van der Waals surface area contributed by atoms with Crippen molar-refractivity contribution in [3.05, 3.63) is 41.9 Å². The molecule has 174 valence electrons. The van der Waals surface area contributed by atoms with Crippen molar-refractivity contribution in [3.8, 4) is 12.1 Å². The summed E-state index contributed by atoms with van der Waals surface area (Å²) in [7, 11) is 0. The van der Waals surface area contributed by atoms with Gasteiger partial charge in [0.2, 0.25) is 5.88 Å². The maximum atomic E-state index is 12.9. The van der Waals surface area contributed by atoms with E-state index in [2.05, 4.69) is 33.8 Å². The zero-order valence-electron chi connectivity index (χ0n) is 19.5. The lowest BCUT2D eigenvalue weighted by atomic mass is 9.68. The van der Waals surface area contributed by atoms with Gasteiger partial charge in [-0.15, -0.1) is 0 Å². The van der Waals surface area contributed by atoms with Crippen molar-refractivity contribution in [2.45, 2.75) is 64.0 Å². The minimum absolute atomic E-state index is 0.125. The summed E-state index contributed by atoms with van der Waals surface area (Å²) in [6, 6.07) is 11.5. The lowest BCUT2D eigenvalue weighted by Gasteiger charge is -2.43. The topological polar surface area (TPSA) is 121 Å². The Morgan fingerprint density at radius 2 is 2.06 bits per heavy atom. The van der Waals surface area contributed by atoms with Gasteiger partial charge in [0.15, 0.2) is 0 Å². The molecule has 2 aromatic heterocycles. The Balaban J connectivity index is 1.37. The summed E-state index contributed by atoms with van der Waals surface area (Å²) in [5.74, 6) is 0.303. The fourth-order valence-corrected chi connectivity index (χ4v) is 5.35. The first-order valence-corrected chi connectivity index (χ1v) is 11.4. The summed E-state index contributed by atoms with van der Waals surface area (Å²) in [6.07, 6.45) is 4.76. The van der Waals surface area contributed by atoms with E-state index in [9.17, 15) is 15.3 Å². The second-order valence-corrected chi connectivity index (χ2v) is 10.5. The van der Waals surface area contributed by atoms with Crippen LogP contribution in [0.2, 0.25) is 0 Å². The normalized spacial score (nSPS) is 24.9. The van der Waals surface area contributed by atoms with Crippen LogP contribution >= 0.6 is 0 Å². The van der Waals surface area contributed by atoms with Gasteiger partial charge in [-0.1, -0.05) is 12.1 Å². The number of rotatable bonds is 4. The summed E-state index contributed by atoms with van der Waals surface area (Å²) in [5.41, 5.74) is 1.32. The molecule has 1 aliphatic carbocycles. The van der Waals surface area contributed by atoms with Crippen LogP contribution in [0.5, 0.6) is 0 Å². The number of carbonyl (C=O) groups excluding carboxylic acids is 1. The molecule has 5 rings (SSSR count). The molecule has 2 atom stereocenters. The van der Waals surface area contributed by atoms with Crippen LogP contribution in [0, 0.1) is 28.1 Å². The molecular weight excluding hydrogens is 432 g/mol. The highest BCUT2D eigenvalue weighted by Gasteiger charge is 2.52. The Morgan fingerprint density at radius 1 is 1.24 bits per heavy atom. The first-order chi connectivity index (χ1) is 16.2. The molecule has 3 heterocycles. The third-order valence-electron chi connectivity index (χ3n) is 7.12. The minimum atomic E-state index is -0.814. The number of aromatic nitrogens is 3. The summed E-state index contributed by atoms with van der Waals surface area (Å²) < 4.78 is 13.5. The molecule has 0 bridgehead atoms. The van der Waals surface area contributed by atoms with Gasteiger partial charge in [0.25, 0.3) is 0 Å². The molecule has 1 spiro atoms. The Labute approximate surface area is 197 Å². The van der Waals surface area contributed by atoms with E-state index >= 15 is 0 Å². The maximum Gasteiger partial charge on any atom is 0.417 e. The van der Waals surface area contributed by atoms with E-state index in [1.807, 2.05) is 18.5 Å². The van der Waals surface area contributed by atoms with Crippen LogP contribution in [0.25, 0.3) is 11.0 Å². The second-order valence-electron chi connectivity index (χ2n) is 10.5. The third-order valence-corrected chi connectivity index (χ3v) is 7.12. The number of benzene rings is 1. The summed E-state index contributed by atoms with van der Waals surface area (Å²) in [6.45, 7) is 6.81. The molecular formula is C25H26N6O3. The first-order valence-electron chi connectivity index (χ1n) is 11.4. The Bertz CT molecular complexity index is 1360. The SMILES string of the molecule is CC(C)(C#N)c1cc(N2C[C@@]3(CCC[C@](C)(Cn4cnc5ccc(C#N)cc54)C3)OC2=O)on1. The quantitative estimate of drug-likeness (QED) is 0.557. The smallest absolute Gasteiger partial charge is 0.417 e. The van der Waals surface area contributed by atoms with E-state index in [-0.39, 0.29) is 5.41 Å². The third kappa shape index (κ3) is 3.67. The fraction of sp³-hybridized carbons (Fsp3) is 0.480. The highest BCUT2D eigenvalue weighted by Crippen LogP contribution is 2.48. The van der Waals surface area contributed by atoms with Gasteiger partial charge in [-0.25, -0.2) is 14.7 Å². The van der Waals surface area contributed by atoms with Gasteiger partial charge in [-0.3, -0.25) is 0 Å². The standard InChI is InChI=1S/C25H26N6O3/c1-23(2,13-27)20-10-21(34-29-20)31-15-25(33-22(31)32)8-4-7-24(3,12-25)14-30-16-28-18-6-5-17(11-26)9-19(18)30/h5-6,9-10,16H,4,7-8,12,14-15H2,1-3H3/t24-,25-/m0/s1. The monoisotopic (exact) mass is 458 g/mol. The highest BCUT2D eigenvalue weighted by molar-refractivity contribution is 5.88. The largest absolute Gasteiger partial charge is 0.441 e. The predicted molar refractivity (Wildman–Crippen MR) is 123 cm³/mol. The number of nitrogens with zero attached hydrogens (tertiary/aromatic N) is 6. The summed E-state index contributed by atoms with van der Waals surface area (Å²) >= 11 is 0. The van der Waals surface area contributed by atoms with Crippen LogP contribution in [-0.2, 0) is 16.7 Å². The Kier molecular flexibility index (Phi) is 4.91. The van der Waals surface area contributed by atoms with E-state index in [1.165, 1.54) is 4.90 Å². The lowest BCUT2D eigenvalue weighted by Crippen LogP contribution is -2.45. The second kappa shape index (κ2) is 7.59. The zero-order chi connectivity index (χ0) is 24.1. The molecule has 3 aromatic rings. The van der Waals surface area contributed by atoms with Gasteiger partial charge >= 0.3 is 6.09 Å². The van der Waals surface area contributed by atoms with E-state index in [1.54, 1.807) is 26.0 Å². The van der Waals surface area contributed by atoms with Crippen LogP contribution < -0.4 is 4.90 Å². The number of anilines is 1. The number of fused-ring (bicyclic) bond motifs is 1. The van der Waals surface area contributed by atoms with Gasteiger partial charge < -0.3 is 13.8 Å². The minimum Gasteiger partial charge on any atom is -0.441 e. The number of hydrogen-bond acceptors (Lipinski definition) is 7. The van der Waals surface area contributed by atoms with Gasteiger partial charge in [-0.2, -0.15) is 10.5 Å². The van der Waals surface area contributed by atoms with Crippen LogP contribution in [-0.4, -0.2) is 32.9 Å². The molecule has 1 aromatic carbocycles. The Hall–Kier alpha value is -3.85. The van der Waals surface area contributed by atoms with Crippen molar-refractivity contribution < 1.29 is 14.1 Å². The number of amides is 1. The summed E-state index contributed by atoms with van der Waals surface area (Å²) in [5, 5.41) is 22.7. The van der Waals surface area contributed by atoms with Crippen LogP contribution in [0.1, 0.15) is 57.7 Å². The molecule has 1 amide bonds. The molecule has 9 heteroatoms. The average molecular weight is 459 g/mol. The molecule has 2 fully saturated rings. The van der Waals surface area contributed by atoms with Crippen LogP contribution in [0.3, 0.4) is 0 Å². The summed E-state index contributed by atoms with van der Waals surface area (Å²) in [4.78, 5) is 18.8. The van der Waals surface area contributed by atoms with Crippen molar-refractivity contribution in [1.29, 1.82) is 10.5 Å².